The highest BCUT2D eigenvalue weighted by atomic mass is 14.2. The summed E-state index contributed by atoms with van der Waals surface area (Å²) in [5.74, 6) is 0.639. The molecule has 48 heavy (non-hydrogen) atoms. The molecule has 0 amide bonds. The minimum atomic E-state index is 0.639. The Labute approximate surface area is 305 Å². The second-order valence-electron chi connectivity index (χ2n) is 16.3. The van der Waals surface area contributed by atoms with E-state index in [0.29, 0.717) is 5.92 Å². The van der Waals surface area contributed by atoms with Crippen LogP contribution in [0.2, 0.25) is 0 Å². The molecule has 0 aliphatic rings. The van der Waals surface area contributed by atoms with E-state index in [2.05, 4.69) is 46.8 Å². The molecule has 1 rings (SSSR count). The average Bonchev–Trinajstić information content (AvgIpc) is 3.08. The minimum absolute atomic E-state index is 0.639. The Hall–Kier alpha value is -0.780. The molecule has 0 heteroatoms. The molecule has 0 fully saturated rings. The summed E-state index contributed by atoms with van der Waals surface area (Å²) in [6.45, 7) is 11.8. The fraction of sp³-hybridized carbons (Fsp3) is 0.875. The maximum absolute atomic E-state index is 2.57. The fourth-order valence-electron chi connectivity index (χ4n) is 8.05. The van der Waals surface area contributed by atoms with Crippen molar-refractivity contribution in [2.24, 2.45) is 0 Å². The van der Waals surface area contributed by atoms with Crippen LogP contribution in [0.15, 0.2) is 12.1 Å². The predicted molar refractivity (Wildman–Crippen MR) is 221 cm³/mol. The number of hydrogen-bond acceptors (Lipinski definition) is 0. The zero-order valence-corrected chi connectivity index (χ0v) is 34.2. The summed E-state index contributed by atoms with van der Waals surface area (Å²) in [5.41, 5.74) is 6.98. The highest BCUT2D eigenvalue weighted by Crippen LogP contribution is 2.30. The number of unbranched alkanes of at least 4 members (excludes halogenated alkanes) is 30. The van der Waals surface area contributed by atoms with Gasteiger partial charge >= 0.3 is 0 Å². The highest BCUT2D eigenvalue weighted by molar-refractivity contribution is 5.43. The lowest BCUT2D eigenvalue weighted by molar-refractivity contribution is 0.544. The van der Waals surface area contributed by atoms with Crippen molar-refractivity contribution in [3.05, 3.63) is 34.4 Å². The molecule has 0 unspecified atom stereocenters. The summed E-state index contributed by atoms with van der Waals surface area (Å²) >= 11 is 0. The SMILES string of the molecule is CCCCCCCCCCCCCc1ccc(C(C)C)c(CCCCCCCCCCCCC)c1CCCCCCCCCCCCC. The van der Waals surface area contributed by atoms with Crippen LogP contribution in [-0.4, -0.2) is 0 Å². The van der Waals surface area contributed by atoms with Crippen molar-refractivity contribution in [3.63, 3.8) is 0 Å². The Morgan fingerprint density at radius 2 is 0.583 bits per heavy atom. The van der Waals surface area contributed by atoms with Crippen molar-refractivity contribution in [1.29, 1.82) is 0 Å². The summed E-state index contributed by atoms with van der Waals surface area (Å²) < 4.78 is 0. The van der Waals surface area contributed by atoms with E-state index in [4.69, 9.17) is 0 Å². The molecular weight excluding hydrogens is 577 g/mol. The van der Waals surface area contributed by atoms with E-state index < -0.39 is 0 Å². The first kappa shape index (κ1) is 45.2. The van der Waals surface area contributed by atoms with E-state index in [9.17, 15) is 0 Å². The maximum Gasteiger partial charge on any atom is -0.0216 e. The normalized spacial score (nSPS) is 11.7. The van der Waals surface area contributed by atoms with Crippen molar-refractivity contribution in [1.82, 2.24) is 0 Å². The van der Waals surface area contributed by atoms with Crippen LogP contribution < -0.4 is 0 Å². The van der Waals surface area contributed by atoms with Crippen LogP contribution in [-0.2, 0) is 19.3 Å². The fourth-order valence-corrected chi connectivity index (χ4v) is 8.05. The Kier molecular flexibility index (Phi) is 32.7. The van der Waals surface area contributed by atoms with E-state index in [0.717, 1.165) is 0 Å². The molecule has 0 nitrogen and oxygen atoms in total. The molecule has 0 spiro atoms. The highest BCUT2D eigenvalue weighted by Gasteiger charge is 2.15. The number of aryl methyl sites for hydroxylation is 1. The lowest BCUT2D eigenvalue weighted by Gasteiger charge is -2.22. The van der Waals surface area contributed by atoms with Gasteiger partial charge in [0.25, 0.3) is 0 Å². The molecule has 0 aliphatic heterocycles. The van der Waals surface area contributed by atoms with Gasteiger partial charge < -0.3 is 0 Å². The van der Waals surface area contributed by atoms with Crippen LogP contribution in [0, 0.1) is 0 Å². The van der Waals surface area contributed by atoms with E-state index >= 15 is 0 Å². The summed E-state index contributed by atoms with van der Waals surface area (Å²) in [6, 6.07) is 5.12. The topological polar surface area (TPSA) is 0 Å². The molecular formula is C48H90. The van der Waals surface area contributed by atoms with Crippen LogP contribution in [0.3, 0.4) is 0 Å². The molecule has 0 aromatic heterocycles. The van der Waals surface area contributed by atoms with Crippen LogP contribution in [0.1, 0.15) is 275 Å². The molecule has 1 aromatic carbocycles. The Morgan fingerprint density at radius 3 is 0.896 bits per heavy atom. The van der Waals surface area contributed by atoms with Gasteiger partial charge in [0.1, 0.15) is 0 Å². The van der Waals surface area contributed by atoms with E-state index in [1.807, 2.05) is 0 Å². The third-order valence-corrected chi connectivity index (χ3v) is 11.3. The summed E-state index contributed by atoms with van der Waals surface area (Å²) in [5, 5.41) is 0. The first-order valence-electron chi connectivity index (χ1n) is 22.8. The van der Waals surface area contributed by atoms with Gasteiger partial charge in [0.15, 0.2) is 0 Å². The largest absolute Gasteiger partial charge is 0.0654 e. The zero-order chi connectivity index (χ0) is 34.8. The summed E-state index contributed by atoms with van der Waals surface area (Å²) in [4.78, 5) is 0. The van der Waals surface area contributed by atoms with Gasteiger partial charge in [-0.1, -0.05) is 239 Å². The van der Waals surface area contributed by atoms with Crippen molar-refractivity contribution in [2.75, 3.05) is 0 Å². The minimum Gasteiger partial charge on any atom is -0.0654 e. The van der Waals surface area contributed by atoms with Gasteiger partial charge in [-0.25, -0.2) is 0 Å². The van der Waals surface area contributed by atoms with Gasteiger partial charge in [-0.3, -0.25) is 0 Å². The molecule has 0 saturated carbocycles. The standard InChI is InChI=1S/C48H90/c1-6-9-12-15-18-21-24-27-30-33-36-39-45-42-43-46(44(4)5)48(41-38-35-32-29-26-23-20-17-14-11-8-3)47(45)40-37-34-31-28-25-22-19-16-13-10-7-2/h42-44H,6-41H2,1-5H3. The number of rotatable bonds is 37. The first-order valence-corrected chi connectivity index (χ1v) is 22.8. The second kappa shape index (κ2) is 34.7. The van der Waals surface area contributed by atoms with Gasteiger partial charge in [-0.15, -0.1) is 0 Å². The van der Waals surface area contributed by atoms with Gasteiger partial charge in [0, 0.05) is 0 Å². The van der Waals surface area contributed by atoms with E-state index in [-0.39, 0.29) is 0 Å². The van der Waals surface area contributed by atoms with Gasteiger partial charge in [-0.05, 0) is 66.7 Å². The smallest absolute Gasteiger partial charge is 0.0216 e. The number of hydrogen-bond donors (Lipinski definition) is 0. The summed E-state index contributed by atoms with van der Waals surface area (Å²) in [7, 11) is 0. The third kappa shape index (κ3) is 25.2. The first-order chi connectivity index (χ1) is 23.7. The predicted octanol–water partition coefficient (Wildman–Crippen LogP) is 17.4. The molecule has 0 atom stereocenters. The molecule has 0 saturated heterocycles. The van der Waals surface area contributed by atoms with Crippen LogP contribution >= 0.6 is 0 Å². The lowest BCUT2D eigenvalue weighted by Crippen LogP contribution is -2.07. The van der Waals surface area contributed by atoms with E-state index in [1.54, 1.807) is 22.3 Å². The molecule has 0 heterocycles. The summed E-state index contributed by atoms with van der Waals surface area (Å²) in [6.07, 6.45) is 51.4. The van der Waals surface area contributed by atoms with Crippen molar-refractivity contribution < 1.29 is 0 Å². The second-order valence-corrected chi connectivity index (χ2v) is 16.3. The molecule has 0 bridgehead atoms. The molecule has 1 aromatic rings. The zero-order valence-electron chi connectivity index (χ0n) is 34.2. The van der Waals surface area contributed by atoms with Crippen molar-refractivity contribution in [2.45, 2.75) is 272 Å². The molecule has 0 N–H and O–H groups in total. The van der Waals surface area contributed by atoms with E-state index in [1.165, 1.54) is 231 Å². The quantitative estimate of drug-likeness (QED) is 0.0620. The Morgan fingerprint density at radius 1 is 0.312 bits per heavy atom. The molecule has 0 aliphatic carbocycles. The van der Waals surface area contributed by atoms with Gasteiger partial charge in [-0.2, -0.15) is 0 Å². The van der Waals surface area contributed by atoms with Crippen LogP contribution in [0.4, 0.5) is 0 Å². The molecule has 0 radical (unpaired) electrons. The van der Waals surface area contributed by atoms with Gasteiger partial charge in [0.05, 0.1) is 0 Å². The monoisotopic (exact) mass is 667 g/mol. The Bertz CT molecular complexity index is 787. The van der Waals surface area contributed by atoms with Crippen molar-refractivity contribution in [3.8, 4) is 0 Å². The van der Waals surface area contributed by atoms with Crippen LogP contribution in [0.25, 0.3) is 0 Å². The average molecular weight is 667 g/mol. The third-order valence-electron chi connectivity index (χ3n) is 11.3. The van der Waals surface area contributed by atoms with Gasteiger partial charge in [0.2, 0.25) is 0 Å². The van der Waals surface area contributed by atoms with Crippen LogP contribution in [0.5, 0.6) is 0 Å². The molecule has 282 valence electrons. The number of benzene rings is 1. The Balaban J connectivity index is 2.61. The maximum atomic E-state index is 2.57. The van der Waals surface area contributed by atoms with Crippen molar-refractivity contribution >= 4 is 0 Å². The lowest BCUT2D eigenvalue weighted by atomic mass is 9.84.